The molecule has 1 amide bonds. The number of hydrogen-bond donors (Lipinski definition) is 2. The molecule has 0 bridgehead atoms. The first-order valence-corrected chi connectivity index (χ1v) is 7.71. The smallest absolute Gasteiger partial charge is 0.255 e. The third kappa shape index (κ3) is 4.06. The van der Waals surface area contributed by atoms with Crippen molar-refractivity contribution in [1.82, 2.24) is 0 Å². The van der Waals surface area contributed by atoms with Crippen molar-refractivity contribution in [3.63, 3.8) is 0 Å². The van der Waals surface area contributed by atoms with Gasteiger partial charge in [-0.05, 0) is 48.6 Å². The lowest BCUT2D eigenvalue weighted by Gasteiger charge is -2.08. The van der Waals surface area contributed by atoms with Crippen LogP contribution >= 0.6 is 11.8 Å². The Labute approximate surface area is 127 Å². The first kappa shape index (κ1) is 15.5. The van der Waals surface area contributed by atoms with Crippen molar-refractivity contribution in [3.8, 4) is 0 Å². The molecule has 0 aliphatic carbocycles. The normalized spacial score (nSPS) is 10.4. The molecule has 0 atom stereocenters. The second kappa shape index (κ2) is 7.24. The molecule has 0 heterocycles. The number of amides is 1. The highest BCUT2D eigenvalue weighted by Crippen LogP contribution is 2.21. The Morgan fingerprint density at radius 3 is 2.57 bits per heavy atom. The molecule has 110 valence electrons. The van der Waals surface area contributed by atoms with E-state index in [9.17, 15) is 9.18 Å². The van der Waals surface area contributed by atoms with Gasteiger partial charge in [0.1, 0.15) is 5.82 Å². The van der Waals surface area contributed by atoms with E-state index < -0.39 is 0 Å². The number of hydrogen-bond acceptors (Lipinski definition) is 3. The van der Waals surface area contributed by atoms with E-state index in [1.54, 1.807) is 18.4 Å². The number of thioether (sulfide) groups is 1. The fourth-order valence-corrected chi connectivity index (χ4v) is 2.40. The molecule has 2 aromatic rings. The van der Waals surface area contributed by atoms with Crippen LogP contribution in [-0.2, 0) is 6.42 Å². The van der Waals surface area contributed by atoms with Crippen molar-refractivity contribution in [2.24, 2.45) is 0 Å². The summed E-state index contributed by atoms with van der Waals surface area (Å²) in [6.07, 6.45) is 2.35. The van der Waals surface area contributed by atoms with Crippen LogP contribution in [0.3, 0.4) is 0 Å². The molecule has 0 spiro atoms. The van der Waals surface area contributed by atoms with Crippen LogP contribution in [0.5, 0.6) is 0 Å². The second-order valence-electron chi connectivity index (χ2n) is 4.47. The lowest BCUT2D eigenvalue weighted by molar-refractivity contribution is 0.102. The molecule has 2 rings (SSSR count). The minimum atomic E-state index is -0.326. The summed E-state index contributed by atoms with van der Waals surface area (Å²) in [5.41, 5.74) is 2.08. The first-order chi connectivity index (χ1) is 10.1. The van der Waals surface area contributed by atoms with Gasteiger partial charge in [0.05, 0.1) is 0 Å². The van der Waals surface area contributed by atoms with Gasteiger partial charge in [-0.25, -0.2) is 4.39 Å². The molecule has 0 aromatic heterocycles. The lowest BCUT2D eigenvalue weighted by atomic mass is 10.1. The predicted molar refractivity (Wildman–Crippen MR) is 83.4 cm³/mol. The minimum absolute atomic E-state index is 0.0960. The molecular formula is C16H16FNO2S. The monoisotopic (exact) mass is 305 g/mol. The number of benzene rings is 2. The van der Waals surface area contributed by atoms with Gasteiger partial charge in [-0.1, -0.05) is 12.1 Å². The van der Waals surface area contributed by atoms with Crippen LogP contribution in [0.2, 0.25) is 0 Å². The molecular weight excluding hydrogens is 289 g/mol. The highest BCUT2D eigenvalue weighted by molar-refractivity contribution is 7.98. The Morgan fingerprint density at radius 1 is 1.24 bits per heavy atom. The third-order valence-corrected chi connectivity index (χ3v) is 3.78. The van der Waals surface area contributed by atoms with E-state index in [2.05, 4.69) is 5.32 Å². The van der Waals surface area contributed by atoms with Gasteiger partial charge >= 0.3 is 0 Å². The second-order valence-corrected chi connectivity index (χ2v) is 5.32. The highest BCUT2D eigenvalue weighted by atomic mass is 32.2. The van der Waals surface area contributed by atoms with Crippen LogP contribution < -0.4 is 5.32 Å². The van der Waals surface area contributed by atoms with Gasteiger partial charge in [0, 0.05) is 22.8 Å². The summed E-state index contributed by atoms with van der Waals surface area (Å²) in [5.74, 6) is -0.604. The van der Waals surface area contributed by atoms with E-state index in [-0.39, 0.29) is 18.3 Å². The molecule has 0 saturated carbocycles. The van der Waals surface area contributed by atoms with Crippen molar-refractivity contribution in [2.75, 3.05) is 18.2 Å². The van der Waals surface area contributed by atoms with E-state index in [0.717, 1.165) is 5.56 Å². The number of halogens is 1. The Balaban J connectivity index is 2.10. The molecule has 2 N–H and O–H groups in total. The van der Waals surface area contributed by atoms with E-state index in [4.69, 9.17) is 5.11 Å². The van der Waals surface area contributed by atoms with Gasteiger partial charge in [-0.3, -0.25) is 4.79 Å². The van der Waals surface area contributed by atoms with E-state index in [0.29, 0.717) is 22.6 Å². The van der Waals surface area contributed by atoms with Crippen LogP contribution in [0.25, 0.3) is 0 Å². The lowest BCUT2D eigenvalue weighted by Crippen LogP contribution is -2.12. The van der Waals surface area contributed by atoms with E-state index in [1.807, 2.05) is 12.1 Å². The zero-order chi connectivity index (χ0) is 15.2. The van der Waals surface area contributed by atoms with Gasteiger partial charge in [-0.2, -0.15) is 0 Å². The summed E-state index contributed by atoms with van der Waals surface area (Å²) >= 11 is 1.26. The van der Waals surface area contributed by atoms with Crippen molar-refractivity contribution in [1.29, 1.82) is 0 Å². The number of nitrogens with one attached hydrogen (secondary N) is 1. The number of aliphatic hydroxyl groups is 1. The van der Waals surface area contributed by atoms with E-state index >= 15 is 0 Å². The van der Waals surface area contributed by atoms with E-state index in [1.165, 1.54) is 30.0 Å². The highest BCUT2D eigenvalue weighted by Gasteiger charge is 2.09. The summed E-state index contributed by atoms with van der Waals surface area (Å²) in [6.45, 7) is 0.0960. The molecule has 3 nitrogen and oxygen atoms in total. The average Bonchev–Trinajstić information content (AvgIpc) is 2.50. The summed E-state index contributed by atoms with van der Waals surface area (Å²) in [4.78, 5) is 12.6. The van der Waals surface area contributed by atoms with Crippen molar-refractivity contribution >= 4 is 23.4 Å². The molecule has 0 aliphatic heterocycles. The predicted octanol–water partition coefficient (Wildman–Crippen LogP) is 3.33. The molecule has 2 aromatic carbocycles. The third-order valence-electron chi connectivity index (χ3n) is 3.03. The van der Waals surface area contributed by atoms with Crippen LogP contribution in [0.1, 0.15) is 15.9 Å². The number of carbonyl (C=O) groups excluding carboxylic acids is 1. The van der Waals surface area contributed by atoms with Crippen LogP contribution in [0, 0.1) is 5.82 Å². The van der Waals surface area contributed by atoms with Gasteiger partial charge in [0.25, 0.3) is 5.91 Å². The molecule has 0 aliphatic rings. The first-order valence-electron chi connectivity index (χ1n) is 6.48. The largest absolute Gasteiger partial charge is 0.396 e. The molecule has 5 heteroatoms. The Morgan fingerprint density at radius 2 is 1.95 bits per heavy atom. The maximum atomic E-state index is 13.4. The molecule has 0 saturated heterocycles. The van der Waals surface area contributed by atoms with Gasteiger partial charge in [0.2, 0.25) is 0 Å². The molecule has 0 unspecified atom stereocenters. The van der Waals surface area contributed by atoms with Crippen molar-refractivity contribution in [2.45, 2.75) is 11.3 Å². The van der Waals surface area contributed by atoms with Gasteiger partial charge in [-0.15, -0.1) is 11.8 Å². The van der Waals surface area contributed by atoms with Crippen LogP contribution in [0.15, 0.2) is 47.4 Å². The van der Waals surface area contributed by atoms with Crippen molar-refractivity contribution < 1.29 is 14.3 Å². The van der Waals surface area contributed by atoms with Crippen molar-refractivity contribution in [3.05, 3.63) is 59.4 Å². The minimum Gasteiger partial charge on any atom is -0.396 e. The number of anilines is 1. The average molecular weight is 305 g/mol. The van der Waals surface area contributed by atoms with Gasteiger partial charge < -0.3 is 10.4 Å². The zero-order valence-electron chi connectivity index (χ0n) is 11.6. The number of rotatable bonds is 5. The Hall–Kier alpha value is -1.85. The summed E-state index contributed by atoms with van der Waals surface area (Å²) in [6, 6.07) is 11.6. The summed E-state index contributed by atoms with van der Waals surface area (Å²) < 4.78 is 13.4. The molecule has 0 fully saturated rings. The maximum Gasteiger partial charge on any atom is 0.255 e. The SMILES string of the molecule is CSc1cc(C(=O)Nc2ccc(CCO)cc2)ccc1F. The zero-order valence-corrected chi connectivity index (χ0v) is 12.4. The summed E-state index contributed by atoms with van der Waals surface area (Å²) in [5, 5.41) is 11.6. The quantitative estimate of drug-likeness (QED) is 0.833. The topological polar surface area (TPSA) is 49.3 Å². The standard InChI is InChI=1S/C16H16FNO2S/c1-21-15-10-12(4-7-14(15)17)16(20)18-13-5-2-11(3-6-13)8-9-19/h2-7,10,19H,8-9H2,1H3,(H,18,20). The van der Waals surface area contributed by atoms with Gasteiger partial charge in [0.15, 0.2) is 0 Å². The maximum absolute atomic E-state index is 13.4. The van der Waals surface area contributed by atoms with Crippen LogP contribution in [0.4, 0.5) is 10.1 Å². The fraction of sp³-hybridized carbons (Fsp3) is 0.188. The fourth-order valence-electron chi connectivity index (χ4n) is 1.89. The number of carbonyl (C=O) groups is 1. The number of aliphatic hydroxyl groups excluding tert-OH is 1. The molecule has 21 heavy (non-hydrogen) atoms. The Bertz CT molecular complexity index is 629. The summed E-state index contributed by atoms with van der Waals surface area (Å²) in [7, 11) is 0. The molecule has 0 radical (unpaired) electrons. The van der Waals surface area contributed by atoms with Crippen LogP contribution in [-0.4, -0.2) is 23.9 Å². The Kier molecular flexibility index (Phi) is 5.36.